The topological polar surface area (TPSA) is 26.7 Å². The summed E-state index contributed by atoms with van der Waals surface area (Å²) in [4.78, 5) is 5.11. The highest BCUT2D eigenvalue weighted by Crippen LogP contribution is 2.69. The maximum absolute atomic E-state index is 12.3. The van der Waals surface area contributed by atoms with E-state index in [1.807, 2.05) is 0 Å². The fourth-order valence-corrected chi connectivity index (χ4v) is 7.24. The number of benzene rings is 2. The molecule has 0 unspecified atom stereocenters. The van der Waals surface area contributed by atoms with E-state index in [4.69, 9.17) is 0 Å². The first kappa shape index (κ1) is 21.4. The number of hydrogen-bond donors (Lipinski definition) is 1. The molecule has 2 fully saturated rings. The van der Waals surface area contributed by atoms with E-state index >= 15 is 0 Å². The van der Waals surface area contributed by atoms with Gasteiger partial charge in [0.25, 0.3) is 0 Å². The molecule has 1 aliphatic carbocycles. The molecular weight excluding hydrogens is 368 g/mol. The van der Waals surface area contributed by atoms with E-state index in [2.05, 4.69) is 101 Å². The summed E-state index contributed by atoms with van der Waals surface area (Å²) in [5.74, 6) is 0. The number of hydrogen-bond acceptors (Lipinski definition) is 3. The molecule has 2 aromatic carbocycles. The predicted octanol–water partition coefficient (Wildman–Crippen LogP) is 5.06. The second kappa shape index (κ2) is 7.10. The predicted molar refractivity (Wildman–Crippen MR) is 126 cm³/mol. The Labute approximate surface area is 182 Å². The van der Waals surface area contributed by atoms with Crippen LogP contribution in [0, 0.1) is 31.6 Å². The Morgan fingerprint density at radius 3 is 1.80 bits per heavy atom. The lowest BCUT2D eigenvalue weighted by Gasteiger charge is -2.73. The molecule has 1 saturated carbocycles. The van der Waals surface area contributed by atoms with Crippen LogP contribution in [0.15, 0.2) is 42.5 Å². The molecule has 3 heteroatoms. The lowest BCUT2D eigenvalue weighted by Crippen LogP contribution is -2.79. The minimum Gasteiger partial charge on any atom is -0.384 e. The molecule has 0 atom stereocenters. The van der Waals surface area contributed by atoms with Gasteiger partial charge in [-0.15, -0.1) is 0 Å². The number of piperazine rings is 1. The maximum Gasteiger partial charge on any atom is 0.103 e. The van der Waals surface area contributed by atoms with Crippen molar-refractivity contribution in [2.45, 2.75) is 60.1 Å². The maximum atomic E-state index is 12.3. The van der Waals surface area contributed by atoms with Crippen molar-refractivity contribution < 1.29 is 5.11 Å². The fourth-order valence-electron chi connectivity index (χ4n) is 7.24. The van der Waals surface area contributed by atoms with Gasteiger partial charge in [0.1, 0.15) is 5.60 Å². The zero-order valence-electron chi connectivity index (χ0n) is 19.8. The third-order valence-electron chi connectivity index (χ3n) is 8.07. The fraction of sp³-hybridized carbons (Fsp3) is 0.556. The monoisotopic (exact) mass is 406 g/mol. The molecule has 2 aliphatic rings. The van der Waals surface area contributed by atoms with Gasteiger partial charge in [-0.3, -0.25) is 4.90 Å². The number of aliphatic hydroxyl groups is 1. The molecule has 30 heavy (non-hydrogen) atoms. The number of para-hydroxylation sites is 1. The highest BCUT2D eigenvalue weighted by atomic mass is 16.3. The number of anilines is 1. The van der Waals surface area contributed by atoms with Crippen molar-refractivity contribution in [3.05, 3.63) is 64.7 Å². The molecule has 2 aromatic rings. The van der Waals surface area contributed by atoms with Crippen molar-refractivity contribution in [2.24, 2.45) is 10.8 Å². The van der Waals surface area contributed by atoms with E-state index in [-0.39, 0.29) is 10.8 Å². The normalized spacial score (nSPS) is 28.3. The van der Waals surface area contributed by atoms with Gasteiger partial charge in [-0.25, -0.2) is 0 Å². The minimum absolute atomic E-state index is 0.226. The quantitative estimate of drug-likeness (QED) is 0.772. The molecule has 1 saturated heterocycles. The van der Waals surface area contributed by atoms with E-state index in [1.54, 1.807) is 0 Å². The standard InChI is InChI=1S/C27H38N2O/c1-19-17-20(2)23(21(3)18-19)27(30)25(4,5)24(26(27,6)7)29-15-13-28(14-16-29)22-11-9-8-10-12-22/h8-12,17-18,24,30H,13-16H2,1-7H3. The van der Waals surface area contributed by atoms with Crippen LogP contribution in [0.2, 0.25) is 0 Å². The molecule has 0 spiro atoms. The zero-order chi connectivity index (χ0) is 21.9. The highest BCUT2D eigenvalue weighted by Gasteiger charge is 2.74. The minimum atomic E-state index is -0.844. The van der Waals surface area contributed by atoms with Crippen molar-refractivity contribution in [1.82, 2.24) is 4.90 Å². The van der Waals surface area contributed by atoms with E-state index < -0.39 is 5.60 Å². The average molecular weight is 407 g/mol. The molecular formula is C27H38N2O. The summed E-state index contributed by atoms with van der Waals surface area (Å²) in [5.41, 5.74) is 4.84. The van der Waals surface area contributed by atoms with Gasteiger partial charge in [0, 0.05) is 48.7 Å². The molecule has 0 aromatic heterocycles. The summed E-state index contributed by atoms with van der Waals surface area (Å²) in [7, 11) is 0. The van der Waals surface area contributed by atoms with Gasteiger partial charge in [-0.1, -0.05) is 63.6 Å². The van der Waals surface area contributed by atoms with Crippen LogP contribution in [0.3, 0.4) is 0 Å². The summed E-state index contributed by atoms with van der Waals surface area (Å²) in [6.07, 6.45) is 0. The number of aryl methyl sites for hydroxylation is 3. The zero-order valence-corrected chi connectivity index (χ0v) is 19.8. The van der Waals surface area contributed by atoms with Crippen LogP contribution in [0.5, 0.6) is 0 Å². The van der Waals surface area contributed by atoms with E-state index in [9.17, 15) is 5.11 Å². The Morgan fingerprint density at radius 1 is 0.800 bits per heavy atom. The van der Waals surface area contributed by atoms with Crippen LogP contribution in [0.1, 0.15) is 49.9 Å². The largest absolute Gasteiger partial charge is 0.384 e. The molecule has 0 bridgehead atoms. The lowest BCUT2D eigenvalue weighted by atomic mass is 9.38. The Hall–Kier alpha value is -1.84. The van der Waals surface area contributed by atoms with Crippen LogP contribution >= 0.6 is 0 Å². The Morgan fingerprint density at radius 2 is 1.30 bits per heavy atom. The summed E-state index contributed by atoms with van der Waals surface area (Å²) in [5, 5.41) is 12.3. The first-order valence-corrected chi connectivity index (χ1v) is 11.4. The van der Waals surface area contributed by atoms with Crippen LogP contribution < -0.4 is 4.90 Å². The third-order valence-corrected chi connectivity index (χ3v) is 8.07. The van der Waals surface area contributed by atoms with Crippen LogP contribution in [0.25, 0.3) is 0 Å². The first-order chi connectivity index (χ1) is 14.0. The summed E-state index contributed by atoms with van der Waals surface area (Å²) in [6.45, 7) is 19.7. The van der Waals surface area contributed by atoms with Crippen molar-refractivity contribution in [2.75, 3.05) is 31.1 Å². The van der Waals surface area contributed by atoms with E-state index in [0.29, 0.717) is 6.04 Å². The average Bonchev–Trinajstić information content (AvgIpc) is 2.67. The van der Waals surface area contributed by atoms with Crippen LogP contribution in [-0.4, -0.2) is 42.2 Å². The molecule has 0 amide bonds. The Kier molecular flexibility index (Phi) is 5.06. The molecule has 3 nitrogen and oxygen atoms in total. The third kappa shape index (κ3) is 2.85. The van der Waals surface area contributed by atoms with Gasteiger partial charge in [-0.05, 0) is 49.6 Å². The summed E-state index contributed by atoms with van der Waals surface area (Å²) < 4.78 is 0. The van der Waals surface area contributed by atoms with Gasteiger partial charge in [0.15, 0.2) is 0 Å². The number of nitrogens with zero attached hydrogens (tertiary/aromatic N) is 2. The second-order valence-electron chi connectivity index (χ2n) is 10.7. The summed E-state index contributed by atoms with van der Waals surface area (Å²) >= 11 is 0. The SMILES string of the molecule is Cc1cc(C)c(C2(O)C(C)(C)C(N3CCN(c4ccccc4)CC3)C2(C)C)c(C)c1. The smallest absolute Gasteiger partial charge is 0.103 e. The van der Waals surface area contributed by atoms with Crippen molar-refractivity contribution in [1.29, 1.82) is 0 Å². The van der Waals surface area contributed by atoms with Crippen molar-refractivity contribution >= 4 is 5.69 Å². The highest BCUT2D eigenvalue weighted by molar-refractivity contribution is 5.49. The van der Waals surface area contributed by atoms with Crippen LogP contribution in [0.4, 0.5) is 5.69 Å². The Bertz CT molecular complexity index is 884. The molecule has 0 radical (unpaired) electrons. The Balaban J connectivity index is 1.61. The molecule has 1 aliphatic heterocycles. The van der Waals surface area contributed by atoms with Gasteiger partial charge >= 0.3 is 0 Å². The van der Waals surface area contributed by atoms with Gasteiger partial charge < -0.3 is 10.0 Å². The molecule has 4 rings (SSSR count). The molecule has 1 N–H and O–H groups in total. The molecule has 1 heterocycles. The summed E-state index contributed by atoms with van der Waals surface area (Å²) in [6, 6.07) is 15.5. The van der Waals surface area contributed by atoms with E-state index in [0.717, 1.165) is 31.7 Å². The van der Waals surface area contributed by atoms with Gasteiger partial charge in [0.2, 0.25) is 0 Å². The van der Waals surface area contributed by atoms with Gasteiger partial charge in [0.05, 0.1) is 0 Å². The number of rotatable bonds is 3. The van der Waals surface area contributed by atoms with Crippen molar-refractivity contribution in [3.63, 3.8) is 0 Å². The van der Waals surface area contributed by atoms with Crippen molar-refractivity contribution in [3.8, 4) is 0 Å². The lowest BCUT2D eigenvalue weighted by molar-refractivity contribution is -0.308. The van der Waals surface area contributed by atoms with Gasteiger partial charge in [-0.2, -0.15) is 0 Å². The first-order valence-electron chi connectivity index (χ1n) is 11.4. The molecule has 162 valence electrons. The second-order valence-corrected chi connectivity index (χ2v) is 10.7. The van der Waals surface area contributed by atoms with Crippen LogP contribution in [-0.2, 0) is 5.60 Å². The van der Waals surface area contributed by atoms with E-state index in [1.165, 1.54) is 22.4 Å².